The molecule has 4 fully saturated rings. The fourth-order valence-electron chi connectivity index (χ4n) is 7.56. The number of aliphatic hydroxyl groups excluding tert-OH is 1. The molecule has 0 aliphatic carbocycles. The molecule has 0 aromatic heterocycles. The van der Waals surface area contributed by atoms with Crippen LogP contribution in [0.3, 0.4) is 0 Å². The predicted molar refractivity (Wildman–Crippen MR) is 226 cm³/mol. The van der Waals surface area contributed by atoms with E-state index in [4.69, 9.17) is 104 Å². The normalized spacial score (nSPS) is 36.3. The topological polar surface area (TPSA) is 509 Å². The Morgan fingerprint density at radius 1 is 0.447 bits per heavy atom. The molecule has 8 unspecified atom stereocenters. The Bertz CT molecular complexity index is 1760. The number of carboxylic acid groups (broad SMARTS) is 2. The van der Waals surface area contributed by atoms with Crippen LogP contribution in [0.25, 0.3) is 0 Å². The third-order valence-electron chi connectivity index (χ3n) is 10.4. The molecule has 0 radical (unpaired) electrons. The van der Waals surface area contributed by atoms with Crippen LogP contribution in [0.15, 0.2) is 0 Å². The van der Waals surface area contributed by atoms with Gasteiger partial charge in [0, 0.05) is 35.5 Å². The van der Waals surface area contributed by atoms with Gasteiger partial charge in [-0.25, -0.2) is 40.1 Å². The maximum absolute atomic E-state index is 13.3. The second kappa shape index (κ2) is 35.3. The van der Waals surface area contributed by atoms with Crippen molar-refractivity contribution in [3.05, 3.63) is 0 Å². The monoisotopic (exact) mass is 1240 g/mol. The molecule has 4 rings (SSSR count). The van der Waals surface area contributed by atoms with Gasteiger partial charge >= 0.3 is 22.3 Å². The molecule has 0 spiro atoms. The van der Waals surface area contributed by atoms with Crippen LogP contribution in [0.1, 0.15) is 0 Å². The highest BCUT2D eigenvalue weighted by atomic mass is 32.3. The Balaban J connectivity index is 1.82. The van der Waals surface area contributed by atoms with Crippen molar-refractivity contribution in [1.82, 2.24) is 0 Å². The minimum atomic E-state index is -5.40. The summed E-state index contributed by atoms with van der Waals surface area (Å²) in [5, 5.41) is 93.4. The van der Waals surface area contributed by atoms with Gasteiger partial charge in [0.25, 0.3) is 0 Å². The Hall–Kier alpha value is -0.760. The lowest BCUT2D eigenvalue weighted by Gasteiger charge is -2.50. The molecule has 446 valence electrons. The maximum Gasteiger partial charge on any atom is 0.397 e. The van der Waals surface area contributed by atoms with E-state index in [0.29, 0.717) is 0 Å². The van der Waals surface area contributed by atoms with E-state index in [1.807, 2.05) is 0 Å². The lowest BCUT2D eigenvalue weighted by atomic mass is 9.95. The van der Waals surface area contributed by atoms with E-state index >= 15 is 0 Å². The van der Waals surface area contributed by atoms with Crippen molar-refractivity contribution in [3.63, 3.8) is 0 Å². The van der Waals surface area contributed by atoms with Gasteiger partial charge in [-0.05, 0) is 0 Å². The third kappa shape index (κ3) is 19.2. The molecular formula is C29H48O41S6. The molecule has 0 saturated carbocycles. The first-order valence-electron chi connectivity index (χ1n) is 20.0. The summed E-state index contributed by atoms with van der Waals surface area (Å²) in [5.74, 6) is -3.59. The average molecular weight is 1250 g/mol. The van der Waals surface area contributed by atoms with Gasteiger partial charge < -0.3 is 72.2 Å². The highest BCUT2D eigenvalue weighted by molar-refractivity contribution is 7.90. The number of ether oxygens (including phenoxy) is 12. The quantitative estimate of drug-likeness (QED) is 0.0113. The summed E-state index contributed by atoms with van der Waals surface area (Å²) in [6.07, 6.45) is -37.0. The van der Waals surface area contributed by atoms with Gasteiger partial charge in [0.15, 0.2) is 111 Å². The Morgan fingerprint density at radius 3 is 1.26 bits per heavy atom. The van der Waals surface area contributed by atoms with Crippen molar-refractivity contribution in [3.8, 4) is 0 Å². The van der Waals surface area contributed by atoms with Gasteiger partial charge in [0.2, 0.25) is 0 Å². The van der Waals surface area contributed by atoms with Crippen LogP contribution < -0.4 is 0 Å². The van der Waals surface area contributed by atoms with E-state index < -0.39 is 158 Å². The second-order valence-electron chi connectivity index (χ2n) is 14.2. The highest BCUT2D eigenvalue weighted by Gasteiger charge is 2.60. The lowest BCUT2D eigenvalue weighted by Crippen LogP contribution is -2.69. The Labute approximate surface area is 447 Å². The fourth-order valence-corrected chi connectivity index (χ4v) is 9.55. The number of aliphatic carboxylic acids is 2. The highest BCUT2D eigenvalue weighted by Crippen LogP contribution is 2.41. The molecule has 0 aromatic carbocycles. The minimum Gasteiger partial charge on any atom is -0.479 e. The SMILES string of the molecule is COC1C(OC)[C@H](O[C@H]2O[C@H](COS(=O)(=O)O)[C@@H](O[C@@H]3OC(C(=O)O)[C@H](O)[C@H](OC)C3OC)C(OSOOO)C2OSOOO)[C@H](C(=O)O)O[C@@H]1O[C@H]1C(COSOOO)O[C@@H](OC)C(OSOOO)[C@H]1OSOOO. The Kier molecular flexibility index (Phi) is 31.4. The van der Waals surface area contributed by atoms with Gasteiger partial charge in [-0.1, -0.05) is 25.2 Å². The summed E-state index contributed by atoms with van der Waals surface area (Å²) < 4.78 is 157. The molecule has 47 heteroatoms. The molecular weight excluding hydrogens is 1200 g/mol. The molecule has 20 atom stereocenters. The lowest BCUT2D eigenvalue weighted by molar-refractivity contribution is -0.437. The van der Waals surface area contributed by atoms with Crippen molar-refractivity contribution in [2.24, 2.45) is 0 Å². The zero-order valence-electron chi connectivity index (χ0n) is 38.5. The smallest absolute Gasteiger partial charge is 0.397 e. The molecule has 4 aliphatic rings. The largest absolute Gasteiger partial charge is 0.479 e. The molecule has 4 aliphatic heterocycles. The zero-order valence-corrected chi connectivity index (χ0v) is 43.4. The van der Waals surface area contributed by atoms with Crippen LogP contribution in [0.4, 0.5) is 0 Å². The molecule has 0 amide bonds. The number of methoxy groups -OCH3 is 5. The van der Waals surface area contributed by atoms with Crippen LogP contribution in [0, 0.1) is 0 Å². The number of carboxylic acids is 2. The van der Waals surface area contributed by atoms with E-state index in [0.717, 1.165) is 35.5 Å². The van der Waals surface area contributed by atoms with Gasteiger partial charge in [0.05, 0.1) is 13.2 Å². The molecule has 41 nitrogen and oxygen atoms in total. The summed E-state index contributed by atoms with van der Waals surface area (Å²) in [6.45, 7) is -1.92. The van der Waals surface area contributed by atoms with E-state index in [9.17, 15) is 37.9 Å². The van der Waals surface area contributed by atoms with Crippen LogP contribution in [0.5, 0.6) is 0 Å². The van der Waals surface area contributed by atoms with Crippen LogP contribution in [-0.4, -0.2) is 238 Å². The van der Waals surface area contributed by atoms with Crippen LogP contribution >= 0.6 is 61.6 Å². The molecule has 76 heavy (non-hydrogen) atoms. The predicted octanol–water partition coefficient (Wildman–Crippen LogP) is -1.42. The number of carbonyl (C=O) groups is 2. The van der Waals surface area contributed by atoms with Gasteiger partial charge in [-0.2, -0.15) is 8.42 Å². The van der Waals surface area contributed by atoms with Gasteiger partial charge in [-0.3, -0.25) is 25.5 Å². The third-order valence-corrected chi connectivity index (χ3v) is 12.9. The van der Waals surface area contributed by atoms with Crippen molar-refractivity contribution in [2.45, 2.75) is 123 Å². The fraction of sp³-hybridized carbons (Fsp3) is 0.931. The van der Waals surface area contributed by atoms with E-state index in [1.165, 1.54) is 0 Å². The minimum absolute atomic E-state index is 0.00526. The molecule has 4 heterocycles. The molecule has 4 saturated heterocycles. The van der Waals surface area contributed by atoms with Crippen LogP contribution in [-0.2, 0) is 149 Å². The number of aliphatic hydroxyl groups is 1. The van der Waals surface area contributed by atoms with Gasteiger partial charge in [-0.15, -0.1) is 21.7 Å². The zero-order chi connectivity index (χ0) is 56.0. The maximum atomic E-state index is 13.3. The van der Waals surface area contributed by atoms with Crippen molar-refractivity contribution in [1.29, 1.82) is 0 Å². The molecule has 0 aromatic rings. The standard InChI is InChI=1S/C29H48O41S6/c1-43-13-10(30)14(24(31)32)54-27(20(13)45-3)53-12-9(7-49-76(40,41)42)51-29(23(60-75-70-65-39)18(12)58-73-68-63-37)55-16-15(44-2)21(46-4)28(56-19(16)25(33)34)52-11-8(6-48-71-66-61-35)50-26(47-5)22(59-74-69-64-38)17(11)57-72-67-62-36/h8-23,26-30,35-39H,6-7H2,1-5H3,(H,31,32)(H,33,34)(H,40,41,42)/t8?,9-,10-,11+,12-,13+,14?,15?,16+,17+,18?,19-,20?,21?,22?,23?,26-,27-,28+,29-/m1/s1. The molecule has 9 N–H and O–H groups in total. The van der Waals surface area contributed by atoms with Crippen molar-refractivity contribution in [2.75, 3.05) is 48.8 Å². The number of hydrogen-bond acceptors (Lipinski definition) is 43. The Morgan fingerprint density at radius 2 is 0.829 bits per heavy atom. The van der Waals surface area contributed by atoms with E-state index in [-0.39, 0.29) is 61.6 Å². The summed E-state index contributed by atoms with van der Waals surface area (Å²) >= 11 is -0.391. The average Bonchev–Trinajstić information content (AvgIpc) is 3.39. The van der Waals surface area contributed by atoms with Crippen molar-refractivity contribution >= 4 is 84.0 Å². The first-order chi connectivity index (χ1) is 36.5. The second-order valence-corrected chi connectivity index (χ2v) is 17.7. The number of hydrogen-bond donors (Lipinski definition) is 9. The first kappa shape index (κ1) is 67.7. The summed E-state index contributed by atoms with van der Waals surface area (Å²) in [7, 11) is -0.0333. The van der Waals surface area contributed by atoms with E-state index in [1.54, 1.807) is 0 Å². The van der Waals surface area contributed by atoms with Crippen LogP contribution in [0.2, 0.25) is 0 Å². The van der Waals surface area contributed by atoms with Crippen molar-refractivity contribution < 1.29 is 193 Å². The number of rotatable bonds is 37. The van der Waals surface area contributed by atoms with E-state index in [2.05, 4.69) is 51.0 Å². The molecule has 0 bridgehead atoms. The first-order valence-corrected chi connectivity index (χ1v) is 24.7. The summed E-state index contributed by atoms with van der Waals surface area (Å²) in [6, 6.07) is 0. The summed E-state index contributed by atoms with van der Waals surface area (Å²) in [5.41, 5.74) is 0. The summed E-state index contributed by atoms with van der Waals surface area (Å²) in [4.78, 5) is 25.5. The van der Waals surface area contributed by atoms with Gasteiger partial charge in [0.1, 0.15) is 73.2 Å².